The fourth-order valence-electron chi connectivity index (χ4n) is 2.49. The molecule has 1 amide bonds. The molecular formula is C19H17BrClN3O2. The molecule has 3 aromatic rings. The number of halogens is 2. The van der Waals surface area contributed by atoms with Crippen LogP contribution in [0.3, 0.4) is 0 Å². The van der Waals surface area contributed by atoms with E-state index in [0.29, 0.717) is 29.6 Å². The molecule has 0 radical (unpaired) electrons. The first-order valence-corrected chi connectivity index (χ1v) is 9.26. The molecule has 26 heavy (non-hydrogen) atoms. The maximum Gasteiger partial charge on any atom is 0.246 e. The summed E-state index contributed by atoms with van der Waals surface area (Å²) in [7, 11) is 1.72. The second-order valence-corrected chi connectivity index (χ2v) is 7.19. The van der Waals surface area contributed by atoms with Crippen molar-refractivity contribution in [2.75, 3.05) is 7.05 Å². The Morgan fingerprint density at radius 3 is 2.81 bits per heavy atom. The van der Waals surface area contributed by atoms with Gasteiger partial charge in [0.25, 0.3) is 0 Å². The number of hydrogen-bond acceptors (Lipinski definition) is 4. The first-order valence-electron chi connectivity index (χ1n) is 8.09. The molecule has 0 saturated carbocycles. The molecule has 3 rings (SSSR count). The van der Waals surface area contributed by atoms with Gasteiger partial charge in [-0.1, -0.05) is 63.0 Å². The van der Waals surface area contributed by atoms with Gasteiger partial charge in [0.1, 0.15) is 0 Å². The van der Waals surface area contributed by atoms with E-state index >= 15 is 0 Å². The van der Waals surface area contributed by atoms with Crippen LogP contribution in [0.4, 0.5) is 0 Å². The maximum absolute atomic E-state index is 12.3. The van der Waals surface area contributed by atoms with Crippen molar-refractivity contribution in [1.82, 2.24) is 15.0 Å². The summed E-state index contributed by atoms with van der Waals surface area (Å²) in [6, 6.07) is 15.2. The minimum atomic E-state index is -0.00729. The van der Waals surface area contributed by atoms with Crippen molar-refractivity contribution in [2.24, 2.45) is 0 Å². The highest BCUT2D eigenvalue weighted by atomic mass is 79.9. The third-order valence-electron chi connectivity index (χ3n) is 3.92. The van der Waals surface area contributed by atoms with E-state index in [1.807, 2.05) is 48.5 Å². The van der Waals surface area contributed by atoms with Crippen molar-refractivity contribution >= 4 is 33.4 Å². The smallest absolute Gasteiger partial charge is 0.246 e. The zero-order chi connectivity index (χ0) is 18.5. The Bertz CT molecular complexity index is 913. The predicted octanol–water partition coefficient (Wildman–Crippen LogP) is 4.74. The van der Waals surface area contributed by atoms with Gasteiger partial charge in [-0.15, -0.1) is 0 Å². The van der Waals surface area contributed by atoms with E-state index < -0.39 is 0 Å². The number of nitrogens with zero attached hydrogens (tertiary/aromatic N) is 3. The van der Waals surface area contributed by atoms with Gasteiger partial charge >= 0.3 is 0 Å². The van der Waals surface area contributed by atoms with Gasteiger partial charge in [-0.05, 0) is 30.2 Å². The SMILES string of the molecule is CN(Cc1nc(-c2cccc(Br)c2)no1)C(=O)CCc1ccccc1Cl. The zero-order valence-electron chi connectivity index (χ0n) is 14.2. The molecule has 1 aromatic heterocycles. The topological polar surface area (TPSA) is 59.2 Å². The third kappa shape index (κ3) is 4.71. The normalized spacial score (nSPS) is 10.7. The maximum atomic E-state index is 12.3. The fourth-order valence-corrected chi connectivity index (χ4v) is 3.12. The minimum absolute atomic E-state index is 0.00729. The van der Waals surface area contributed by atoms with E-state index in [2.05, 4.69) is 26.1 Å². The molecule has 0 N–H and O–H groups in total. The van der Waals surface area contributed by atoms with Crippen LogP contribution in [0.1, 0.15) is 17.9 Å². The Kier molecular flexibility index (Phi) is 6.06. The van der Waals surface area contributed by atoms with Crippen LogP contribution < -0.4 is 0 Å². The first kappa shape index (κ1) is 18.6. The van der Waals surface area contributed by atoms with Crippen molar-refractivity contribution < 1.29 is 9.32 Å². The molecule has 0 aliphatic rings. The zero-order valence-corrected chi connectivity index (χ0v) is 16.5. The molecule has 0 fully saturated rings. The Balaban J connectivity index is 1.58. The van der Waals surface area contributed by atoms with Crippen LogP contribution in [0.5, 0.6) is 0 Å². The highest BCUT2D eigenvalue weighted by Crippen LogP contribution is 2.21. The van der Waals surface area contributed by atoms with Crippen molar-refractivity contribution in [2.45, 2.75) is 19.4 Å². The lowest BCUT2D eigenvalue weighted by molar-refractivity contribution is -0.130. The van der Waals surface area contributed by atoms with Crippen LogP contribution >= 0.6 is 27.5 Å². The lowest BCUT2D eigenvalue weighted by atomic mass is 10.1. The summed E-state index contributed by atoms with van der Waals surface area (Å²) in [5, 5.41) is 4.66. The summed E-state index contributed by atoms with van der Waals surface area (Å²) in [4.78, 5) is 18.3. The lowest BCUT2D eigenvalue weighted by Gasteiger charge is -2.14. The van der Waals surface area contributed by atoms with E-state index in [0.717, 1.165) is 15.6 Å². The second-order valence-electron chi connectivity index (χ2n) is 5.86. The summed E-state index contributed by atoms with van der Waals surface area (Å²) < 4.78 is 6.21. The average Bonchev–Trinajstić information content (AvgIpc) is 3.09. The molecule has 0 atom stereocenters. The Morgan fingerprint density at radius 2 is 2.04 bits per heavy atom. The molecule has 134 valence electrons. The van der Waals surface area contributed by atoms with Crippen LogP contribution in [-0.4, -0.2) is 28.0 Å². The quantitative estimate of drug-likeness (QED) is 0.562. The van der Waals surface area contributed by atoms with Gasteiger partial charge in [0, 0.05) is 28.5 Å². The monoisotopic (exact) mass is 433 g/mol. The molecule has 5 nitrogen and oxygen atoms in total. The van der Waals surface area contributed by atoms with Gasteiger partial charge in [-0.25, -0.2) is 0 Å². The minimum Gasteiger partial charge on any atom is -0.337 e. The van der Waals surface area contributed by atoms with Crippen LogP contribution in [0.25, 0.3) is 11.4 Å². The highest BCUT2D eigenvalue weighted by Gasteiger charge is 2.15. The molecule has 0 bridgehead atoms. The van der Waals surface area contributed by atoms with Crippen molar-refractivity contribution in [1.29, 1.82) is 0 Å². The predicted molar refractivity (Wildman–Crippen MR) is 104 cm³/mol. The van der Waals surface area contributed by atoms with Crippen LogP contribution in [0.2, 0.25) is 5.02 Å². The second kappa shape index (κ2) is 8.47. The van der Waals surface area contributed by atoms with E-state index in [4.69, 9.17) is 16.1 Å². The molecule has 0 spiro atoms. The van der Waals surface area contributed by atoms with E-state index in [9.17, 15) is 4.79 Å². The molecule has 7 heteroatoms. The number of benzene rings is 2. The Morgan fingerprint density at radius 1 is 1.23 bits per heavy atom. The Hall–Kier alpha value is -2.18. The number of aromatic nitrogens is 2. The lowest BCUT2D eigenvalue weighted by Crippen LogP contribution is -2.26. The molecule has 0 unspecified atom stereocenters. The summed E-state index contributed by atoms with van der Waals surface area (Å²) in [6.45, 7) is 0.266. The van der Waals surface area contributed by atoms with Gasteiger partial charge in [-0.3, -0.25) is 4.79 Å². The largest absolute Gasteiger partial charge is 0.337 e. The van der Waals surface area contributed by atoms with E-state index in [1.165, 1.54) is 0 Å². The summed E-state index contributed by atoms with van der Waals surface area (Å²) in [6.07, 6.45) is 0.961. The van der Waals surface area contributed by atoms with Crippen LogP contribution in [0.15, 0.2) is 57.5 Å². The first-order chi connectivity index (χ1) is 12.5. The molecule has 2 aromatic carbocycles. The highest BCUT2D eigenvalue weighted by molar-refractivity contribution is 9.10. The van der Waals surface area contributed by atoms with Gasteiger partial charge in [0.15, 0.2) is 0 Å². The number of carbonyl (C=O) groups excluding carboxylic acids is 1. The van der Waals surface area contributed by atoms with E-state index in [-0.39, 0.29) is 12.5 Å². The van der Waals surface area contributed by atoms with Crippen molar-refractivity contribution in [3.63, 3.8) is 0 Å². The average molecular weight is 435 g/mol. The van der Waals surface area contributed by atoms with Crippen molar-refractivity contribution in [3.05, 3.63) is 69.5 Å². The number of amides is 1. The number of aryl methyl sites for hydroxylation is 1. The summed E-state index contributed by atoms with van der Waals surface area (Å²) in [5.41, 5.74) is 1.81. The van der Waals surface area contributed by atoms with Crippen molar-refractivity contribution in [3.8, 4) is 11.4 Å². The number of rotatable bonds is 6. The van der Waals surface area contributed by atoms with E-state index in [1.54, 1.807) is 11.9 Å². The number of hydrogen-bond donors (Lipinski definition) is 0. The standard InChI is InChI=1S/C19H17BrClN3O2/c1-24(18(25)10-9-13-5-2-3-8-16(13)21)12-17-22-19(23-26-17)14-6-4-7-15(20)11-14/h2-8,11H,9-10,12H2,1H3. The summed E-state index contributed by atoms with van der Waals surface area (Å²) in [5.74, 6) is 0.888. The van der Waals surface area contributed by atoms with Crippen LogP contribution in [-0.2, 0) is 17.8 Å². The Labute approximate surface area is 165 Å². The molecule has 0 aliphatic carbocycles. The van der Waals surface area contributed by atoms with Crippen LogP contribution in [0, 0.1) is 0 Å². The van der Waals surface area contributed by atoms with Gasteiger partial charge in [0.2, 0.25) is 17.6 Å². The van der Waals surface area contributed by atoms with Gasteiger partial charge in [-0.2, -0.15) is 4.98 Å². The molecule has 0 saturated heterocycles. The molecule has 1 heterocycles. The summed E-state index contributed by atoms with van der Waals surface area (Å²) >= 11 is 9.55. The number of carbonyl (C=O) groups is 1. The third-order valence-corrected chi connectivity index (χ3v) is 4.78. The fraction of sp³-hybridized carbons (Fsp3) is 0.211. The van der Waals surface area contributed by atoms with Gasteiger partial charge < -0.3 is 9.42 Å². The van der Waals surface area contributed by atoms with Gasteiger partial charge in [0.05, 0.1) is 6.54 Å². The molecular weight excluding hydrogens is 418 g/mol. The molecule has 0 aliphatic heterocycles.